The van der Waals surface area contributed by atoms with Gasteiger partial charge in [0.05, 0.1) is 32.3 Å². The Bertz CT molecular complexity index is 3860. The second-order valence-electron chi connectivity index (χ2n) is 15.7. The molecule has 13 rings (SSSR count). The average Bonchev–Trinajstić information content (AvgIpc) is 4.03. The molecule has 0 saturated carbocycles. The number of hydrogen-bond acceptors (Lipinski definition) is 3. The van der Waals surface area contributed by atoms with E-state index < -0.39 is 0 Å². The van der Waals surface area contributed by atoms with Gasteiger partial charge in [0.2, 0.25) is 0 Å². The summed E-state index contributed by atoms with van der Waals surface area (Å²) in [6.07, 6.45) is 0. The van der Waals surface area contributed by atoms with Gasteiger partial charge >= 0.3 is 0 Å². The van der Waals surface area contributed by atoms with Crippen LogP contribution in [0.25, 0.3) is 120 Å². The number of thiophene rings is 1. The molecule has 284 valence electrons. The largest absolute Gasteiger partial charge is 0.309 e. The first-order valence-electron chi connectivity index (χ1n) is 20.7. The van der Waals surface area contributed by atoms with Gasteiger partial charge in [-0.15, -0.1) is 11.3 Å². The molecule has 5 heteroatoms. The second kappa shape index (κ2) is 13.3. The average molecular weight is 795 g/mol. The fourth-order valence-corrected chi connectivity index (χ4v) is 10.7. The van der Waals surface area contributed by atoms with Gasteiger partial charge < -0.3 is 4.57 Å². The predicted octanol–water partition coefficient (Wildman–Crippen LogP) is 15.2. The van der Waals surface area contributed by atoms with Crippen molar-refractivity contribution in [2.75, 3.05) is 0 Å². The van der Waals surface area contributed by atoms with Gasteiger partial charge in [0.1, 0.15) is 0 Å². The molecule has 0 atom stereocenters. The van der Waals surface area contributed by atoms with E-state index in [1.54, 1.807) is 11.3 Å². The minimum absolute atomic E-state index is 0.710. The summed E-state index contributed by atoms with van der Waals surface area (Å²) in [5.74, 6) is 1.60. The van der Waals surface area contributed by atoms with Crippen LogP contribution < -0.4 is 0 Å². The van der Waals surface area contributed by atoms with Crippen molar-refractivity contribution in [3.8, 4) is 44.5 Å². The molecule has 0 amide bonds. The van der Waals surface area contributed by atoms with Gasteiger partial charge in [0.15, 0.2) is 11.6 Å². The second-order valence-corrected chi connectivity index (χ2v) is 16.8. The first kappa shape index (κ1) is 34.0. The molecule has 13 aromatic rings. The van der Waals surface area contributed by atoms with E-state index in [-0.39, 0.29) is 0 Å². The Hall–Kier alpha value is -7.86. The number of para-hydroxylation sites is 1. The highest BCUT2D eigenvalue weighted by Gasteiger charge is 2.23. The van der Waals surface area contributed by atoms with E-state index in [2.05, 4.69) is 209 Å². The monoisotopic (exact) mass is 794 g/mol. The van der Waals surface area contributed by atoms with Crippen LogP contribution in [-0.4, -0.2) is 19.1 Å². The maximum Gasteiger partial charge on any atom is 0.162 e. The van der Waals surface area contributed by atoms with Crippen LogP contribution >= 0.6 is 11.3 Å². The van der Waals surface area contributed by atoms with Crippen molar-refractivity contribution in [2.24, 2.45) is 0 Å². The van der Waals surface area contributed by atoms with Crippen molar-refractivity contribution in [3.63, 3.8) is 0 Å². The smallest absolute Gasteiger partial charge is 0.162 e. The summed E-state index contributed by atoms with van der Waals surface area (Å²) < 4.78 is 5.87. The van der Waals surface area contributed by atoms with Gasteiger partial charge in [-0.25, -0.2) is 9.97 Å². The van der Waals surface area contributed by atoms with Gasteiger partial charge in [-0.1, -0.05) is 158 Å². The SMILES string of the molecule is c1ccc(-c2nc(-n3c4ccc(-c5cccc6c5c5c7ccccc7ccc5n6-c5ccccc5)cc4c4c5ccccc5ccc43)c3sc(-c4ccccc4)cc3n2)cc1. The van der Waals surface area contributed by atoms with E-state index in [0.717, 1.165) is 38.3 Å². The van der Waals surface area contributed by atoms with Gasteiger partial charge in [-0.3, -0.25) is 4.57 Å². The molecular formula is C56H34N4S. The molecule has 0 aliphatic heterocycles. The zero-order chi connectivity index (χ0) is 40.0. The summed E-state index contributed by atoms with van der Waals surface area (Å²) in [5, 5.41) is 9.83. The lowest BCUT2D eigenvalue weighted by Crippen LogP contribution is -2.01. The summed E-state index contributed by atoms with van der Waals surface area (Å²) in [6, 6.07) is 74.4. The molecule has 0 radical (unpaired) electrons. The van der Waals surface area contributed by atoms with Crippen LogP contribution in [0, 0.1) is 0 Å². The highest BCUT2D eigenvalue weighted by atomic mass is 32.1. The highest BCUT2D eigenvalue weighted by molar-refractivity contribution is 7.22. The van der Waals surface area contributed by atoms with Gasteiger partial charge in [-0.2, -0.15) is 0 Å². The van der Waals surface area contributed by atoms with Crippen LogP contribution in [0.4, 0.5) is 0 Å². The van der Waals surface area contributed by atoms with Crippen LogP contribution in [0.1, 0.15) is 0 Å². The van der Waals surface area contributed by atoms with Crippen LogP contribution in [0.15, 0.2) is 206 Å². The maximum atomic E-state index is 5.48. The van der Waals surface area contributed by atoms with Crippen molar-refractivity contribution < 1.29 is 0 Å². The lowest BCUT2D eigenvalue weighted by atomic mass is 9.95. The first-order chi connectivity index (χ1) is 30.3. The van der Waals surface area contributed by atoms with E-state index in [1.807, 2.05) is 6.07 Å². The standard InChI is InChI=1S/C56H34N4S/c1-4-17-37(18-5-1)50-34-45-54(61-50)56(58-55(57-45)38-19-6-2-7-20-38)60-46-30-29-39(33-44(46)51-41-23-12-10-15-35(41)27-31-48(51)60)43-25-14-26-47-53(43)52-42-24-13-11-16-36(42)28-32-49(52)59(47)40-21-8-3-9-22-40/h1-34H. The molecule has 4 heterocycles. The Morgan fingerprint density at radius 1 is 0.377 bits per heavy atom. The lowest BCUT2D eigenvalue weighted by molar-refractivity contribution is 1.08. The Labute approximate surface area is 354 Å². The lowest BCUT2D eigenvalue weighted by Gasteiger charge is -2.11. The molecule has 9 aromatic carbocycles. The third-order valence-corrected chi connectivity index (χ3v) is 13.5. The predicted molar refractivity (Wildman–Crippen MR) is 257 cm³/mol. The van der Waals surface area contributed by atoms with Gasteiger partial charge in [0, 0.05) is 37.7 Å². The number of rotatable bonds is 5. The zero-order valence-corrected chi connectivity index (χ0v) is 33.6. The van der Waals surface area contributed by atoms with Crippen molar-refractivity contribution in [1.82, 2.24) is 19.1 Å². The van der Waals surface area contributed by atoms with E-state index >= 15 is 0 Å². The van der Waals surface area contributed by atoms with E-state index in [4.69, 9.17) is 9.97 Å². The summed E-state index contributed by atoms with van der Waals surface area (Å²) in [7, 11) is 0. The Morgan fingerprint density at radius 3 is 1.72 bits per heavy atom. The molecule has 0 spiro atoms. The molecule has 0 saturated heterocycles. The van der Waals surface area contributed by atoms with Crippen molar-refractivity contribution in [2.45, 2.75) is 0 Å². The number of hydrogen-bond donors (Lipinski definition) is 0. The van der Waals surface area contributed by atoms with E-state index in [9.17, 15) is 0 Å². The Balaban J connectivity index is 1.13. The molecular weight excluding hydrogens is 761 g/mol. The Morgan fingerprint density at radius 2 is 0.984 bits per heavy atom. The summed E-state index contributed by atoms with van der Waals surface area (Å²) >= 11 is 1.76. The first-order valence-corrected chi connectivity index (χ1v) is 21.5. The van der Waals surface area contributed by atoms with E-state index in [1.165, 1.54) is 75.7 Å². The summed E-state index contributed by atoms with van der Waals surface area (Å²) in [4.78, 5) is 11.9. The maximum absolute atomic E-state index is 5.48. The van der Waals surface area contributed by atoms with E-state index in [0.29, 0.717) is 5.82 Å². The zero-order valence-electron chi connectivity index (χ0n) is 32.8. The minimum Gasteiger partial charge on any atom is -0.309 e. The van der Waals surface area contributed by atoms with Gasteiger partial charge in [-0.05, 0) is 86.8 Å². The molecule has 4 nitrogen and oxygen atoms in total. The quantitative estimate of drug-likeness (QED) is 0.174. The molecule has 0 aliphatic carbocycles. The topological polar surface area (TPSA) is 35.6 Å². The fourth-order valence-electron chi connectivity index (χ4n) is 9.64. The van der Waals surface area contributed by atoms with Crippen LogP contribution in [-0.2, 0) is 0 Å². The number of benzene rings is 9. The fraction of sp³-hybridized carbons (Fsp3) is 0. The van der Waals surface area contributed by atoms with Crippen LogP contribution in [0.3, 0.4) is 0 Å². The number of fused-ring (bicyclic) bond motifs is 11. The Kier molecular flexibility index (Phi) is 7.44. The molecule has 0 fully saturated rings. The number of nitrogens with zero attached hydrogens (tertiary/aromatic N) is 4. The van der Waals surface area contributed by atoms with Crippen LogP contribution in [0.5, 0.6) is 0 Å². The minimum atomic E-state index is 0.710. The molecule has 0 N–H and O–H groups in total. The molecule has 0 aliphatic rings. The van der Waals surface area contributed by atoms with Crippen molar-refractivity contribution in [1.29, 1.82) is 0 Å². The summed E-state index contributed by atoms with van der Waals surface area (Å²) in [5.41, 5.74) is 11.2. The molecule has 0 unspecified atom stereocenters. The normalized spacial score (nSPS) is 11.9. The third-order valence-electron chi connectivity index (χ3n) is 12.3. The number of aromatic nitrogens is 4. The van der Waals surface area contributed by atoms with Crippen LogP contribution in [0.2, 0.25) is 0 Å². The summed E-state index contributed by atoms with van der Waals surface area (Å²) in [6.45, 7) is 0. The molecule has 4 aromatic heterocycles. The molecule has 0 bridgehead atoms. The van der Waals surface area contributed by atoms with Gasteiger partial charge in [0.25, 0.3) is 0 Å². The highest BCUT2D eigenvalue weighted by Crippen LogP contribution is 2.45. The molecule has 61 heavy (non-hydrogen) atoms. The third kappa shape index (κ3) is 5.18. The van der Waals surface area contributed by atoms with Crippen molar-refractivity contribution in [3.05, 3.63) is 206 Å². The van der Waals surface area contributed by atoms with Crippen molar-refractivity contribution >= 4 is 86.7 Å².